The first kappa shape index (κ1) is 14.1. The van der Waals surface area contributed by atoms with E-state index in [1.165, 1.54) is 0 Å². The van der Waals surface area contributed by atoms with E-state index >= 15 is 0 Å². The molecule has 0 aromatic rings. The number of hydrogen-bond donors (Lipinski definition) is 0. The first-order valence-electron chi connectivity index (χ1n) is 5.75. The van der Waals surface area contributed by atoms with Crippen LogP contribution in [0.3, 0.4) is 0 Å². The van der Waals surface area contributed by atoms with Crippen molar-refractivity contribution in [3.05, 3.63) is 0 Å². The molecule has 0 saturated carbocycles. The van der Waals surface area contributed by atoms with Crippen molar-refractivity contribution >= 4 is 15.7 Å². The second-order valence-electron chi connectivity index (χ2n) is 7.88. The molecule has 0 nitrogen and oxygen atoms in total. The minimum absolute atomic E-state index is 0.312. The molecule has 0 aliphatic heterocycles. The predicted octanol–water partition coefficient (Wildman–Crippen LogP) is 2.70. The van der Waals surface area contributed by atoms with Crippen molar-refractivity contribution in [3.8, 4) is 0 Å². The Bertz CT molecular complexity index is 162. The minimum atomic E-state index is 0.312. The van der Waals surface area contributed by atoms with E-state index in [0.717, 1.165) is 0 Å². The Kier molecular flexibility index (Phi) is 3.35. The molecule has 0 unspecified atom stereocenters. The smallest absolute Gasteiger partial charge is 0.0667 e. The Morgan fingerprint density at radius 2 is 0.786 bits per heavy atom. The number of rotatable bonds is 2. The number of hydrogen-bond acceptors (Lipinski definition) is 0. The summed E-state index contributed by atoms with van der Waals surface area (Å²) >= 11 is 0. The van der Waals surface area contributed by atoms with Gasteiger partial charge < -0.3 is 0 Å². The van der Waals surface area contributed by atoms with Gasteiger partial charge in [-0.2, -0.15) is 0 Å². The fourth-order valence-electron chi connectivity index (χ4n) is 3.38. The van der Waals surface area contributed by atoms with Crippen LogP contribution in [-0.4, -0.2) is 15.7 Å². The molecular weight excluding hydrogens is 166 g/mol. The van der Waals surface area contributed by atoms with Gasteiger partial charge in [0, 0.05) is 0 Å². The summed E-state index contributed by atoms with van der Waals surface area (Å²) in [5.41, 5.74) is 0.635. The van der Waals surface area contributed by atoms with Crippen LogP contribution in [-0.2, 0) is 0 Å². The van der Waals surface area contributed by atoms with Crippen LogP contribution in [0.2, 0.25) is 10.6 Å². The standard InChI is InChI=1S/C12H28B2/c1-9(2,3)12(8,10(4,5)13)11(6,7)14/h13-14H2,1-8H3. The van der Waals surface area contributed by atoms with Crippen LogP contribution in [0.5, 0.6) is 0 Å². The fourth-order valence-corrected chi connectivity index (χ4v) is 3.38. The van der Waals surface area contributed by atoms with Gasteiger partial charge in [0.15, 0.2) is 0 Å². The monoisotopic (exact) mass is 194 g/mol. The molecule has 82 valence electrons. The molecule has 14 heavy (non-hydrogen) atoms. The largest absolute Gasteiger partial charge is 0.109 e. The van der Waals surface area contributed by atoms with Gasteiger partial charge >= 0.3 is 0 Å². The van der Waals surface area contributed by atoms with Crippen LogP contribution in [0.1, 0.15) is 55.4 Å². The molecule has 0 spiro atoms. The first-order valence-corrected chi connectivity index (χ1v) is 5.75. The van der Waals surface area contributed by atoms with Gasteiger partial charge in [0.25, 0.3) is 0 Å². The maximum absolute atomic E-state index is 2.44. The van der Waals surface area contributed by atoms with Gasteiger partial charge in [0.05, 0.1) is 0 Å². The van der Waals surface area contributed by atoms with Crippen LogP contribution < -0.4 is 0 Å². The molecule has 0 fully saturated rings. The Balaban J connectivity index is 5.54. The zero-order chi connectivity index (χ0) is 12.0. The molecular formula is C12H28B2. The molecule has 0 aliphatic rings. The summed E-state index contributed by atoms with van der Waals surface area (Å²) < 4.78 is 0. The second-order valence-corrected chi connectivity index (χ2v) is 7.88. The summed E-state index contributed by atoms with van der Waals surface area (Å²) in [6.07, 6.45) is 0. The van der Waals surface area contributed by atoms with Crippen LogP contribution in [0.4, 0.5) is 0 Å². The highest BCUT2D eigenvalue weighted by Crippen LogP contribution is 2.65. The Labute approximate surface area is 93.1 Å². The maximum Gasteiger partial charge on any atom is 0.109 e. The predicted molar refractivity (Wildman–Crippen MR) is 72.7 cm³/mol. The van der Waals surface area contributed by atoms with Gasteiger partial charge in [-0.05, 0) is 10.8 Å². The highest BCUT2D eigenvalue weighted by atomic mass is 14.5. The molecule has 0 radical (unpaired) electrons. The van der Waals surface area contributed by atoms with E-state index < -0.39 is 0 Å². The normalized spacial score (nSPS) is 15.7. The van der Waals surface area contributed by atoms with Crippen molar-refractivity contribution in [2.24, 2.45) is 10.8 Å². The molecule has 0 amide bonds. The van der Waals surface area contributed by atoms with E-state index in [1.807, 2.05) is 0 Å². The Hall–Kier alpha value is 0.130. The zero-order valence-electron chi connectivity index (χ0n) is 12.0. The molecule has 2 heteroatoms. The van der Waals surface area contributed by atoms with Gasteiger partial charge in [-0.25, -0.2) is 0 Å². The van der Waals surface area contributed by atoms with Crippen LogP contribution >= 0.6 is 0 Å². The topological polar surface area (TPSA) is 0 Å². The summed E-state index contributed by atoms with van der Waals surface area (Å²) in [6.45, 7) is 19.0. The average Bonchev–Trinajstić information content (AvgIpc) is 1.77. The molecule has 0 rings (SSSR count). The van der Waals surface area contributed by atoms with E-state index in [1.54, 1.807) is 0 Å². The SMILES string of the molecule is BC(C)(C)C(C)(C(B)(C)C)C(C)(C)C. The lowest BCUT2D eigenvalue weighted by Crippen LogP contribution is -2.48. The summed E-state index contributed by atoms with van der Waals surface area (Å²) in [6, 6.07) is 0. The molecule has 0 aromatic heterocycles. The molecule has 0 N–H and O–H groups in total. The zero-order valence-corrected chi connectivity index (χ0v) is 12.0. The average molecular weight is 194 g/mol. The lowest BCUT2D eigenvalue weighted by Gasteiger charge is -2.60. The Morgan fingerprint density at radius 3 is 0.786 bits per heavy atom. The van der Waals surface area contributed by atoms with Crippen molar-refractivity contribution in [2.45, 2.75) is 66.0 Å². The highest BCUT2D eigenvalue weighted by Gasteiger charge is 2.53. The fraction of sp³-hybridized carbons (Fsp3) is 1.00. The van der Waals surface area contributed by atoms with Gasteiger partial charge in [0.2, 0.25) is 0 Å². The van der Waals surface area contributed by atoms with Crippen molar-refractivity contribution in [1.82, 2.24) is 0 Å². The quantitative estimate of drug-likeness (QED) is 0.592. The molecule has 0 aromatic carbocycles. The Morgan fingerprint density at radius 1 is 0.571 bits per heavy atom. The molecule has 0 bridgehead atoms. The molecule has 0 saturated heterocycles. The lowest BCUT2D eigenvalue weighted by molar-refractivity contribution is 0.0214. The third-order valence-corrected chi connectivity index (χ3v) is 4.50. The second kappa shape index (κ2) is 3.32. The maximum atomic E-state index is 2.44. The van der Waals surface area contributed by atoms with Crippen molar-refractivity contribution in [2.75, 3.05) is 0 Å². The van der Waals surface area contributed by atoms with E-state index in [9.17, 15) is 0 Å². The lowest BCUT2D eigenvalue weighted by atomic mass is 9.35. The van der Waals surface area contributed by atoms with Gasteiger partial charge in [-0.15, -0.1) is 0 Å². The summed E-state index contributed by atoms with van der Waals surface area (Å²) in [5.74, 6) is 0. The van der Waals surface area contributed by atoms with Crippen molar-refractivity contribution in [3.63, 3.8) is 0 Å². The summed E-state index contributed by atoms with van der Waals surface area (Å²) in [7, 11) is 4.73. The molecule has 0 atom stereocenters. The van der Waals surface area contributed by atoms with E-state index in [0.29, 0.717) is 21.5 Å². The van der Waals surface area contributed by atoms with E-state index in [4.69, 9.17) is 0 Å². The van der Waals surface area contributed by atoms with Gasteiger partial charge in [0.1, 0.15) is 15.7 Å². The first-order chi connectivity index (χ1) is 5.75. The third kappa shape index (κ3) is 2.04. The van der Waals surface area contributed by atoms with E-state index in [2.05, 4.69) is 71.1 Å². The van der Waals surface area contributed by atoms with E-state index in [-0.39, 0.29) is 0 Å². The third-order valence-electron chi connectivity index (χ3n) is 4.50. The summed E-state index contributed by atoms with van der Waals surface area (Å²) in [4.78, 5) is 0. The van der Waals surface area contributed by atoms with Gasteiger partial charge in [-0.1, -0.05) is 66.0 Å². The molecule has 0 aliphatic carbocycles. The van der Waals surface area contributed by atoms with Crippen LogP contribution in [0.15, 0.2) is 0 Å². The van der Waals surface area contributed by atoms with Gasteiger partial charge in [-0.3, -0.25) is 0 Å². The minimum Gasteiger partial charge on any atom is -0.0667 e. The molecule has 0 heterocycles. The van der Waals surface area contributed by atoms with Crippen molar-refractivity contribution in [1.29, 1.82) is 0 Å². The van der Waals surface area contributed by atoms with Crippen molar-refractivity contribution < 1.29 is 0 Å². The summed E-state index contributed by atoms with van der Waals surface area (Å²) in [5, 5.41) is 0.646. The van der Waals surface area contributed by atoms with Crippen LogP contribution in [0, 0.1) is 10.8 Å². The van der Waals surface area contributed by atoms with Crippen LogP contribution in [0.25, 0.3) is 0 Å². The highest BCUT2D eigenvalue weighted by molar-refractivity contribution is 6.19.